The third kappa shape index (κ3) is 5.09. The van der Waals surface area contributed by atoms with Gasteiger partial charge in [-0.25, -0.2) is 4.98 Å². The number of carbonyl (C=O) groups excluding carboxylic acids is 3. The Labute approximate surface area is 226 Å². The van der Waals surface area contributed by atoms with Crippen molar-refractivity contribution in [1.82, 2.24) is 34.8 Å². The zero-order chi connectivity index (χ0) is 26.9. The van der Waals surface area contributed by atoms with Gasteiger partial charge >= 0.3 is 0 Å². The molecule has 1 aromatic carbocycles. The zero-order valence-electron chi connectivity index (χ0n) is 21.8. The van der Waals surface area contributed by atoms with Crippen molar-refractivity contribution < 1.29 is 19.1 Å². The molecule has 11 nitrogen and oxygen atoms in total. The third-order valence-electron chi connectivity index (χ3n) is 7.67. The van der Waals surface area contributed by atoms with Gasteiger partial charge in [-0.3, -0.25) is 24.0 Å². The van der Waals surface area contributed by atoms with E-state index < -0.39 is 12.1 Å². The first-order valence-electron chi connectivity index (χ1n) is 13.2. The lowest BCUT2D eigenvalue weighted by atomic mass is 10.1. The number of carbonyl (C=O) groups is 3. The first-order chi connectivity index (χ1) is 19.0. The molecule has 2 bridgehead atoms. The van der Waals surface area contributed by atoms with Crippen molar-refractivity contribution in [2.24, 2.45) is 7.05 Å². The number of amides is 3. The van der Waals surface area contributed by atoms with Gasteiger partial charge in [0.05, 0.1) is 18.3 Å². The summed E-state index contributed by atoms with van der Waals surface area (Å²) in [6, 6.07) is 11.5. The first-order valence-corrected chi connectivity index (χ1v) is 13.2. The number of piperazine rings is 1. The minimum atomic E-state index is -0.415. The van der Waals surface area contributed by atoms with Gasteiger partial charge in [-0.15, -0.1) is 0 Å². The standard InChI is InChI=1S/C28H31N7O4/c1-32-14-19(13-30-32)15-34-16-21-12-24(34)28(38)35-11-10-33(27(37)20-6-3-2-4-7-20)17-22(35)18-39-26-23(25(36)31-21)8-5-9-29-26/h2-9,13-14,21-22,24H,10-12,15-18H2,1H3,(H,31,36)/t21-,22-,24-/m0/s1. The average molecular weight is 530 g/mol. The summed E-state index contributed by atoms with van der Waals surface area (Å²) in [5.74, 6) is -0.153. The van der Waals surface area contributed by atoms with Crippen LogP contribution in [0.1, 0.15) is 32.7 Å². The van der Waals surface area contributed by atoms with E-state index in [1.165, 1.54) is 0 Å². The number of hydrogen-bond acceptors (Lipinski definition) is 7. The number of pyridine rings is 1. The summed E-state index contributed by atoms with van der Waals surface area (Å²) < 4.78 is 7.81. The quantitative estimate of drug-likeness (QED) is 0.537. The maximum absolute atomic E-state index is 14.1. The normalized spacial score (nSPS) is 23.7. The Morgan fingerprint density at radius 1 is 1.10 bits per heavy atom. The zero-order valence-corrected chi connectivity index (χ0v) is 21.8. The Hall–Kier alpha value is -4.25. The second-order valence-corrected chi connectivity index (χ2v) is 10.3. The fourth-order valence-corrected chi connectivity index (χ4v) is 5.77. The van der Waals surface area contributed by atoms with Crippen LogP contribution in [-0.2, 0) is 18.4 Å². The summed E-state index contributed by atoms with van der Waals surface area (Å²) in [6.45, 7) is 2.34. The van der Waals surface area contributed by atoms with E-state index in [9.17, 15) is 14.4 Å². The molecule has 0 unspecified atom stereocenters. The van der Waals surface area contributed by atoms with Gasteiger partial charge in [-0.2, -0.15) is 5.10 Å². The molecule has 2 saturated heterocycles. The highest BCUT2D eigenvalue weighted by Crippen LogP contribution is 2.27. The maximum atomic E-state index is 14.1. The fourth-order valence-electron chi connectivity index (χ4n) is 5.77. The smallest absolute Gasteiger partial charge is 0.257 e. The predicted octanol–water partition coefficient (Wildman–Crippen LogP) is 0.934. The Morgan fingerprint density at radius 2 is 1.95 bits per heavy atom. The van der Waals surface area contributed by atoms with Crippen LogP contribution < -0.4 is 10.1 Å². The van der Waals surface area contributed by atoms with Crippen molar-refractivity contribution in [3.63, 3.8) is 0 Å². The van der Waals surface area contributed by atoms with Crippen LogP contribution in [0.15, 0.2) is 61.1 Å². The number of likely N-dealkylation sites (tertiary alicyclic amines) is 1. The molecule has 3 aromatic rings. The number of aromatic nitrogens is 3. The number of hydrogen-bond donors (Lipinski definition) is 1. The number of ether oxygens (including phenoxy) is 1. The highest BCUT2D eigenvalue weighted by Gasteiger charge is 2.43. The van der Waals surface area contributed by atoms with Crippen LogP contribution in [0.2, 0.25) is 0 Å². The Morgan fingerprint density at radius 3 is 2.74 bits per heavy atom. The average Bonchev–Trinajstić information content (AvgIpc) is 3.56. The molecular formula is C28H31N7O4. The molecule has 5 heterocycles. The Balaban J connectivity index is 1.31. The summed E-state index contributed by atoms with van der Waals surface area (Å²) in [6.07, 6.45) is 5.81. The molecule has 202 valence electrons. The van der Waals surface area contributed by atoms with Crippen molar-refractivity contribution in [3.8, 4) is 5.88 Å². The molecule has 3 amide bonds. The van der Waals surface area contributed by atoms with Crippen LogP contribution in [0.25, 0.3) is 0 Å². The van der Waals surface area contributed by atoms with Gasteiger partial charge in [-0.1, -0.05) is 18.2 Å². The van der Waals surface area contributed by atoms with Gasteiger partial charge in [0, 0.05) is 69.3 Å². The van der Waals surface area contributed by atoms with E-state index in [1.54, 1.807) is 46.2 Å². The second kappa shape index (κ2) is 10.5. The third-order valence-corrected chi connectivity index (χ3v) is 7.67. The molecule has 0 radical (unpaired) electrons. The van der Waals surface area contributed by atoms with Crippen molar-refractivity contribution in [3.05, 3.63) is 77.7 Å². The topological polar surface area (TPSA) is 113 Å². The predicted molar refractivity (Wildman–Crippen MR) is 141 cm³/mol. The summed E-state index contributed by atoms with van der Waals surface area (Å²) in [4.78, 5) is 50.6. The Kier molecular flexibility index (Phi) is 6.74. The van der Waals surface area contributed by atoms with E-state index in [-0.39, 0.29) is 36.3 Å². The molecule has 0 spiro atoms. The van der Waals surface area contributed by atoms with Crippen LogP contribution in [0.3, 0.4) is 0 Å². The van der Waals surface area contributed by atoms with Gasteiger partial charge in [-0.05, 0) is 30.7 Å². The number of rotatable bonds is 3. The van der Waals surface area contributed by atoms with E-state index in [0.29, 0.717) is 50.3 Å². The minimum absolute atomic E-state index is 0.0159. The first kappa shape index (κ1) is 25.1. The highest BCUT2D eigenvalue weighted by molar-refractivity contribution is 5.97. The summed E-state index contributed by atoms with van der Waals surface area (Å²) in [5.41, 5.74) is 1.96. The van der Waals surface area contributed by atoms with E-state index in [1.807, 2.05) is 36.3 Å². The number of nitrogens with zero attached hydrogens (tertiary/aromatic N) is 6. The second-order valence-electron chi connectivity index (χ2n) is 10.3. The SMILES string of the molecule is Cn1cc(CN2C[C@@H]3C[C@H]2C(=O)N2CCN(C(=O)c4ccccc4)C[C@H]2COc2ncccc2C(=O)N3)cn1. The molecule has 2 fully saturated rings. The summed E-state index contributed by atoms with van der Waals surface area (Å²) in [7, 11) is 1.86. The minimum Gasteiger partial charge on any atom is -0.475 e. The van der Waals surface area contributed by atoms with Gasteiger partial charge < -0.3 is 19.9 Å². The number of aryl methyl sites for hydroxylation is 1. The lowest BCUT2D eigenvalue weighted by Gasteiger charge is -2.43. The van der Waals surface area contributed by atoms with Crippen LogP contribution in [0.4, 0.5) is 0 Å². The van der Waals surface area contributed by atoms with E-state index in [0.717, 1.165) is 5.56 Å². The summed E-state index contributed by atoms with van der Waals surface area (Å²) in [5, 5.41) is 7.36. The molecular weight excluding hydrogens is 498 g/mol. The number of fused-ring (bicyclic) bond motifs is 4. The highest BCUT2D eigenvalue weighted by atomic mass is 16.5. The molecule has 0 saturated carbocycles. The van der Waals surface area contributed by atoms with Crippen LogP contribution in [-0.4, -0.2) is 98.1 Å². The molecule has 2 aromatic heterocycles. The Bertz CT molecular complexity index is 1380. The largest absolute Gasteiger partial charge is 0.475 e. The van der Waals surface area contributed by atoms with E-state index in [2.05, 4.69) is 20.3 Å². The molecule has 11 heteroatoms. The maximum Gasteiger partial charge on any atom is 0.257 e. The number of nitrogens with one attached hydrogen (secondary N) is 1. The lowest BCUT2D eigenvalue weighted by molar-refractivity contribution is -0.141. The fraction of sp³-hybridized carbons (Fsp3) is 0.393. The van der Waals surface area contributed by atoms with Crippen LogP contribution in [0.5, 0.6) is 5.88 Å². The molecule has 0 aliphatic carbocycles. The van der Waals surface area contributed by atoms with Crippen molar-refractivity contribution in [2.75, 3.05) is 32.8 Å². The van der Waals surface area contributed by atoms with Gasteiger partial charge in [0.2, 0.25) is 11.8 Å². The molecule has 1 N–H and O–H groups in total. The molecule has 3 aliphatic rings. The van der Waals surface area contributed by atoms with Crippen LogP contribution in [0, 0.1) is 0 Å². The van der Waals surface area contributed by atoms with Crippen molar-refractivity contribution in [1.29, 1.82) is 0 Å². The van der Waals surface area contributed by atoms with E-state index in [4.69, 9.17) is 4.74 Å². The molecule has 6 rings (SSSR count). The molecule has 3 atom stereocenters. The number of benzene rings is 1. The molecule has 3 aliphatic heterocycles. The van der Waals surface area contributed by atoms with Crippen molar-refractivity contribution >= 4 is 17.7 Å². The monoisotopic (exact) mass is 529 g/mol. The van der Waals surface area contributed by atoms with Gasteiger partial charge in [0.15, 0.2) is 0 Å². The van der Waals surface area contributed by atoms with Crippen LogP contribution >= 0.6 is 0 Å². The molecule has 39 heavy (non-hydrogen) atoms. The lowest BCUT2D eigenvalue weighted by Crippen LogP contribution is -2.61. The van der Waals surface area contributed by atoms with Gasteiger partial charge in [0.25, 0.3) is 11.8 Å². The van der Waals surface area contributed by atoms with Crippen molar-refractivity contribution in [2.45, 2.75) is 31.1 Å². The van der Waals surface area contributed by atoms with E-state index >= 15 is 0 Å². The van der Waals surface area contributed by atoms with Gasteiger partial charge in [0.1, 0.15) is 12.2 Å². The summed E-state index contributed by atoms with van der Waals surface area (Å²) >= 11 is 0.